The average molecular weight is 236 g/mol. The highest BCUT2D eigenvalue weighted by atomic mass is 19.1. The largest absolute Gasteiger partial charge is 0.298 e. The van der Waals surface area contributed by atoms with Gasteiger partial charge >= 0.3 is 0 Å². The molecule has 0 saturated carbocycles. The topological polar surface area (TPSA) is 44.9 Å². The SMILES string of the molecule is Cc1cnn(C2(CC#N)CN(CCCF)C2)c1. The summed E-state index contributed by atoms with van der Waals surface area (Å²) in [4.78, 5) is 2.17. The molecule has 0 amide bonds. The number of aryl methyl sites for hydroxylation is 1. The van der Waals surface area contributed by atoms with Crippen molar-refractivity contribution in [2.24, 2.45) is 0 Å². The molecule has 1 saturated heterocycles. The molecular formula is C12H17FN4. The number of nitriles is 1. The highest BCUT2D eigenvalue weighted by Crippen LogP contribution is 2.32. The van der Waals surface area contributed by atoms with Gasteiger partial charge in [0, 0.05) is 25.8 Å². The van der Waals surface area contributed by atoms with E-state index >= 15 is 0 Å². The summed E-state index contributed by atoms with van der Waals surface area (Å²) in [5.41, 5.74) is 0.906. The van der Waals surface area contributed by atoms with Crippen LogP contribution in [0.15, 0.2) is 12.4 Å². The van der Waals surface area contributed by atoms with Crippen molar-refractivity contribution in [3.63, 3.8) is 0 Å². The fourth-order valence-electron chi connectivity index (χ4n) is 2.38. The zero-order valence-corrected chi connectivity index (χ0v) is 10.1. The molecule has 0 bridgehead atoms. The van der Waals surface area contributed by atoms with Crippen molar-refractivity contribution in [1.82, 2.24) is 14.7 Å². The lowest BCUT2D eigenvalue weighted by atomic mass is 9.86. The summed E-state index contributed by atoms with van der Waals surface area (Å²) in [7, 11) is 0. The lowest BCUT2D eigenvalue weighted by Crippen LogP contribution is -2.62. The molecule has 1 aromatic heterocycles. The van der Waals surface area contributed by atoms with Gasteiger partial charge in [-0.05, 0) is 18.9 Å². The van der Waals surface area contributed by atoms with Gasteiger partial charge in [-0.2, -0.15) is 10.4 Å². The molecule has 2 heterocycles. The highest BCUT2D eigenvalue weighted by Gasteiger charge is 2.44. The molecule has 0 spiro atoms. The Kier molecular flexibility index (Phi) is 3.43. The van der Waals surface area contributed by atoms with Gasteiger partial charge in [-0.15, -0.1) is 0 Å². The fraction of sp³-hybridized carbons (Fsp3) is 0.667. The number of likely N-dealkylation sites (tertiary alicyclic amines) is 1. The van der Waals surface area contributed by atoms with Crippen LogP contribution in [0.4, 0.5) is 4.39 Å². The van der Waals surface area contributed by atoms with Gasteiger partial charge < -0.3 is 0 Å². The van der Waals surface area contributed by atoms with Crippen molar-refractivity contribution < 1.29 is 4.39 Å². The van der Waals surface area contributed by atoms with Crippen LogP contribution in [-0.2, 0) is 5.54 Å². The van der Waals surface area contributed by atoms with Gasteiger partial charge in [0.05, 0.1) is 25.4 Å². The number of rotatable bonds is 5. The van der Waals surface area contributed by atoms with Crippen LogP contribution in [0.3, 0.4) is 0 Å². The van der Waals surface area contributed by atoms with E-state index in [4.69, 9.17) is 5.26 Å². The van der Waals surface area contributed by atoms with Crippen molar-refractivity contribution in [3.8, 4) is 6.07 Å². The molecule has 0 N–H and O–H groups in total. The molecule has 0 aliphatic carbocycles. The molecular weight excluding hydrogens is 219 g/mol. The van der Waals surface area contributed by atoms with E-state index in [2.05, 4.69) is 16.1 Å². The van der Waals surface area contributed by atoms with Gasteiger partial charge in [0.1, 0.15) is 5.54 Å². The number of nitrogens with zero attached hydrogens (tertiary/aromatic N) is 4. The first kappa shape index (κ1) is 12.1. The number of aromatic nitrogens is 2. The maximum Gasteiger partial charge on any atom is 0.101 e. The molecule has 92 valence electrons. The van der Waals surface area contributed by atoms with E-state index in [1.807, 2.05) is 24.0 Å². The molecule has 17 heavy (non-hydrogen) atoms. The molecule has 2 rings (SSSR count). The Morgan fingerprint density at radius 2 is 2.35 bits per heavy atom. The Morgan fingerprint density at radius 1 is 1.59 bits per heavy atom. The van der Waals surface area contributed by atoms with Crippen LogP contribution >= 0.6 is 0 Å². The molecule has 0 radical (unpaired) electrons. The fourth-order valence-corrected chi connectivity index (χ4v) is 2.38. The normalized spacial score (nSPS) is 18.6. The van der Waals surface area contributed by atoms with Gasteiger partial charge in [0.15, 0.2) is 0 Å². The molecule has 1 fully saturated rings. The molecule has 0 aromatic carbocycles. The lowest BCUT2D eigenvalue weighted by Gasteiger charge is -2.49. The van der Waals surface area contributed by atoms with Crippen LogP contribution < -0.4 is 0 Å². The average Bonchev–Trinajstić information content (AvgIpc) is 2.68. The Morgan fingerprint density at radius 3 is 2.88 bits per heavy atom. The number of hydrogen-bond donors (Lipinski definition) is 0. The first-order chi connectivity index (χ1) is 8.20. The van der Waals surface area contributed by atoms with Crippen molar-refractivity contribution in [3.05, 3.63) is 18.0 Å². The lowest BCUT2D eigenvalue weighted by molar-refractivity contribution is 0.00361. The second-order valence-corrected chi connectivity index (χ2v) is 4.77. The third kappa shape index (κ3) is 2.32. The Balaban J connectivity index is 2.03. The maximum absolute atomic E-state index is 12.1. The molecule has 0 atom stereocenters. The summed E-state index contributed by atoms with van der Waals surface area (Å²) in [5.74, 6) is 0. The van der Waals surface area contributed by atoms with Gasteiger partial charge in [-0.1, -0.05) is 0 Å². The summed E-state index contributed by atoms with van der Waals surface area (Å²) < 4.78 is 14.0. The smallest absolute Gasteiger partial charge is 0.101 e. The van der Waals surface area contributed by atoms with Crippen LogP contribution in [0, 0.1) is 18.3 Å². The Hall–Kier alpha value is -1.41. The van der Waals surface area contributed by atoms with Crippen LogP contribution in [0.1, 0.15) is 18.4 Å². The first-order valence-electron chi connectivity index (χ1n) is 5.87. The zero-order chi connectivity index (χ0) is 12.3. The number of hydrogen-bond acceptors (Lipinski definition) is 3. The van der Waals surface area contributed by atoms with E-state index < -0.39 is 0 Å². The van der Waals surface area contributed by atoms with E-state index in [0.29, 0.717) is 12.8 Å². The predicted octanol–water partition coefficient (Wildman–Crippen LogP) is 1.48. The standard InChI is InChI=1S/C12H17FN4/c1-11-7-15-17(8-11)12(3-5-14)9-16(10-12)6-2-4-13/h7-8H,2-4,6,9-10H2,1H3. The summed E-state index contributed by atoms with van der Waals surface area (Å²) in [6.07, 6.45) is 4.81. The van der Waals surface area contributed by atoms with Crippen molar-refractivity contribution in [2.45, 2.75) is 25.3 Å². The van der Waals surface area contributed by atoms with Crippen molar-refractivity contribution in [1.29, 1.82) is 5.26 Å². The van der Waals surface area contributed by atoms with Crippen LogP contribution in [0.5, 0.6) is 0 Å². The van der Waals surface area contributed by atoms with Crippen LogP contribution in [-0.4, -0.2) is 41.0 Å². The van der Waals surface area contributed by atoms with E-state index in [-0.39, 0.29) is 12.2 Å². The number of halogens is 1. The first-order valence-corrected chi connectivity index (χ1v) is 5.87. The summed E-state index contributed by atoms with van der Waals surface area (Å²) >= 11 is 0. The monoisotopic (exact) mass is 236 g/mol. The molecule has 5 heteroatoms. The van der Waals surface area contributed by atoms with Crippen LogP contribution in [0.25, 0.3) is 0 Å². The quantitative estimate of drug-likeness (QED) is 0.777. The zero-order valence-electron chi connectivity index (χ0n) is 10.1. The molecule has 4 nitrogen and oxygen atoms in total. The van der Waals surface area contributed by atoms with Crippen LogP contribution in [0.2, 0.25) is 0 Å². The van der Waals surface area contributed by atoms with Gasteiger partial charge in [-0.25, -0.2) is 0 Å². The summed E-state index contributed by atoms with van der Waals surface area (Å²) in [5, 5.41) is 13.2. The second-order valence-electron chi connectivity index (χ2n) is 4.77. The number of alkyl halides is 1. The highest BCUT2D eigenvalue weighted by molar-refractivity contribution is 5.09. The maximum atomic E-state index is 12.1. The van der Waals surface area contributed by atoms with Gasteiger partial charge in [0.25, 0.3) is 0 Å². The Labute approximate surface area is 101 Å². The summed E-state index contributed by atoms with van der Waals surface area (Å²) in [6, 6.07) is 2.23. The molecule has 0 unspecified atom stereocenters. The molecule has 1 aliphatic heterocycles. The minimum Gasteiger partial charge on any atom is -0.298 e. The van der Waals surface area contributed by atoms with E-state index in [0.717, 1.165) is 25.2 Å². The third-order valence-electron chi connectivity index (χ3n) is 3.25. The summed E-state index contributed by atoms with van der Waals surface area (Å²) in [6.45, 7) is 4.07. The van der Waals surface area contributed by atoms with Crippen molar-refractivity contribution in [2.75, 3.05) is 26.3 Å². The second kappa shape index (κ2) is 4.84. The van der Waals surface area contributed by atoms with E-state index in [9.17, 15) is 4.39 Å². The molecule has 1 aromatic rings. The van der Waals surface area contributed by atoms with E-state index in [1.165, 1.54) is 0 Å². The molecule has 1 aliphatic rings. The predicted molar refractivity (Wildman–Crippen MR) is 62.2 cm³/mol. The van der Waals surface area contributed by atoms with Gasteiger partial charge in [-0.3, -0.25) is 14.0 Å². The minimum atomic E-state index is -0.275. The van der Waals surface area contributed by atoms with Gasteiger partial charge in [0.2, 0.25) is 0 Å². The minimum absolute atomic E-state index is 0.195. The Bertz CT molecular complexity index is 414. The third-order valence-corrected chi connectivity index (χ3v) is 3.25. The van der Waals surface area contributed by atoms with E-state index in [1.54, 1.807) is 0 Å². The van der Waals surface area contributed by atoms with Crippen molar-refractivity contribution >= 4 is 0 Å².